The summed E-state index contributed by atoms with van der Waals surface area (Å²) in [5.41, 5.74) is 7.68. The van der Waals surface area contributed by atoms with Crippen molar-refractivity contribution in [3.63, 3.8) is 0 Å². The molecule has 2 atom stereocenters. The first-order valence-corrected chi connectivity index (χ1v) is 5.50. The molecule has 0 bridgehead atoms. The van der Waals surface area contributed by atoms with Gasteiger partial charge in [0.25, 0.3) is 0 Å². The summed E-state index contributed by atoms with van der Waals surface area (Å²) in [6, 6.07) is 0.375. The summed E-state index contributed by atoms with van der Waals surface area (Å²) in [5.74, 6) is 0.615. The Morgan fingerprint density at radius 2 is 2.54 bits per heavy atom. The largest absolute Gasteiger partial charge is 0.360 e. The van der Waals surface area contributed by atoms with Crippen molar-refractivity contribution in [2.24, 2.45) is 11.7 Å². The van der Waals surface area contributed by atoms with Gasteiger partial charge in [0.2, 0.25) is 5.13 Å². The minimum absolute atomic E-state index is 0.375. The molecule has 0 spiro atoms. The van der Waals surface area contributed by atoms with E-state index in [4.69, 9.17) is 5.73 Å². The smallest absolute Gasteiger partial charge is 0.205 e. The molecular weight excluding hydrogens is 184 g/mol. The third-order valence-corrected chi connectivity index (χ3v) is 3.24. The maximum atomic E-state index is 5.95. The third kappa shape index (κ3) is 2.16. The molecule has 0 saturated heterocycles. The highest BCUT2D eigenvalue weighted by atomic mass is 32.1. The second-order valence-electron chi connectivity index (χ2n) is 3.48. The molecule has 0 radical (unpaired) electrons. The quantitative estimate of drug-likeness (QED) is 0.762. The molecule has 0 aromatic carbocycles. The molecule has 0 aliphatic heterocycles. The molecule has 72 valence electrons. The maximum Gasteiger partial charge on any atom is 0.205 e. The molecule has 1 aliphatic carbocycles. The standard InChI is InChI=1S/C8H14N4S/c9-7-3-1-2-6(7)4-10-8-12-11-5-13-8/h5-7H,1-4,9H2,(H,10,12). The summed E-state index contributed by atoms with van der Waals surface area (Å²) >= 11 is 1.53. The van der Waals surface area contributed by atoms with Crippen molar-refractivity contribution < 1.29 is 0 Å². The molecule has 2 rings (SSSR count). The molecule has 0 amide bonds. The van der Waals surface area contributed by atoms with Crippen molar-refractivity contribution in [2.45, 2.75) is 25.3 Å². The van der Waals surface area contributed by atoms with E-state index in [9.17, 15) is 0 Å². The Morgan fingerprint density at radius 1 is 1.62 bits per heavy atom. The van der Waals surface area contributed by atoms with Crippen LogP contribution in [0.2, 0.25) is 0 Å². The van der Waals surface area contributed by atoms with Crippen LogP contribution in [0.25, 0.3) is 0 Å². The molecule has 13 heavy (non-hydrogen) atoms. The Kier molecular flexibility index (Phi) is 2.75. The van der Waals surface area contributed by atoms with Gasteiger partial charge in [-0.2, -0.15) is 0 Å². The van der Waals surface area contributed by atoms with Crippen molar-refractivity contribution >= 4 is 16.5 Å². The molecule has 1 fully saturated rings. The Balaban J connectivity index is 1.79. The van der Waals surface area contributed by atoms with Gasteiger partial charge in [-0.1, -0.05) is 17.8 Å². The molecule has 1 saturated carbocycles. The molecule has 1 heterocycles. The predicted octanol–water partition coefficient (Wildman–Crippen LogP) is 1.08. The van der Waals surface area contributed by atoms with Crippen molar-refractivity contribution in [2.75, 3.05) is 11.9 Å². The van der Waals surface area contributed by atoms with Gasteiger partial charge in [0.15, 0.2) is 0 Å². The van der Waals surface area contributed by atoms with Crippen LogP contribution < -0.4 is 11.1 Å². The Hall–Kier alpha value is -0.680. The zero-order valence-corrected chi connectivity index (χ0v) is 8.26. The van der Waals surface area contributed by atoms with Crippen molar-refractivity contribution in [1.29, 1.82) is 0 Å². The SMILES string of the molecule is NC1CCCC1CNc1nncs1. The van der Waals surface area contributed by atoms with Crippen molar-refractivity contribution in [3.05, 3.63) is 5.51 Å². The highest BCUT2D eigenvalue weighted by Gasteiger charge is 2.23. The van der Waals surface area contributed by atoms with E-state index >= 15 is 0 Å². The maximum absolute atomic E-state index is 5.95. The van der Waals surface area contributed by atoms with E-state index in [2.05, 4.69) is 15.5 Å². The van der Waals surface area contributed by atoms with Crippen LogP contribution in [0.5, 0.6) is 0 Å². The van der Waals surface area contributed by atoms with E-state index in [1.165, 1.54) is 30.6 Å². The van der Waals surface area contributed by atoms with Gasteiger partial charge in [0.05, 0.1) is 0 Å². The molecule has 1 aromatic heterocycles. The summed E-state index contributed by atoms with van der Waals surface area (Å²) in [6.07, 6.45) is 3.68. The Labute approximate surface area is 81.6 Å². The van der Waals surface area contributed by atoms with Crippen LogP contribution in [-0.4, -0.2) is 22.8 Å². The second-order valence-corrected chi connectivity index (χ2v) is 4.31. The Bertz CT molecular complexity index is 249. The molecule has 4 nitrogen and oxygen atoms in total. The second kappa shape index (κ2) is 4.02. The summed E-state index contributed by atoms with van der Waals surface area (Å²) in [7, 11) is 0. The normalized spacial score (nSPS) is 27.8. The molecule has 2 unspecified atom stereocenters. The summed E-state index contributed by atoms with van der Waals surface area (Å²) in [6.45, 7) is 0.941. The van der Waals surface area contributed by atoms with E-state index in [-0.39, 0.29) is 0 Å². The minimum atomic E-state index is 0.375. The van der Waals surface area contributed by atoms with Gasteiger partial charge in [-0.25, -0.2) is 0 Å². The molecule has 5 heteroatoms. The van der Waals surface area contributed by atoms with Crippen LogP contribution in [0.1, 0.15) is 19.3 Å². The van der Waals surface area contributed by atoms with Crippen LogP contribution >= 0.6 is 11.3 Å². The molecule has 1 aliphatic rings. The van der Waals surface area contributed by atoms with Crippen LogP contribution in [0.3, 0.4) is 0 Å². The van der Waals surface area contributed by atoms with Gasteiger partial charge in [0, 0.05) is 12.6 Å². The van der Waals surface area contributed by atoms with Crippen LogP contribution in [-0.2, 0) is 0 Å². The number of hydrogen-bond acceptors (Lipinski definition) is 5. The van der Waals surface area contributed by atoms with Crippen molar-refractivity contribution in [1.82, 2.24) is 10.2 Å². The number of anilines is 1. The number of aromatic nitrogens is 2. The minimum Gasteiger partial charge on any atom is -0.360 e. The van der Waals surface area contributed by atoms with Gasteiger partial charge in [-0.15, -0.1) is 10.2 Å². The number of nitrogens with one attached hydrogen (secondary N) is 1. The number of rotatable bonds is 3. The van der Waals surface area contributed by atoms with Gasteiger partial charge >= 0.3 is 0 Å². The van der Waals surface area contributed by atoms with Crippen LogP contribution in [0.15, 0.2) is 5.51 Å². The van der Waals surface area contributed by atoms with E-state index in [0.29, 0.717) is 12.0 Å². The lowest BCUT2D eigenvalue weighted by molar-refractivity contribution is 0.505. The molecular formula is C8H14N4S. The monoisotopic (exact) mass is 198 g/mol. The fourth-order valence-corrected chi connectivity index (χ4v) is 2.24. The Morgan fingerprint density at radius 3 is 3.15 bits per heavy atom. The summed E-state index contributed by atoms with van der Waals surface area (Å²) < 4.78 is 0. The summed E-state index contributed by atoms with van der Waals surface area (Å²) in [5, 5.41) is 11.8. The van der Waals surface area contributed by atoms with Crippen molar-refractivity contribution in [3.8, 4) is 0 Å². The van der Waals surface area contributed by atoms with E-state index in [0.717, 1.165) is 11.7 Å². The zero-order chi connectivity index (χ0) is 9.10. The number of hydrogen-bond donors (Lipinski definition) is 2. The fraction of sp³-hybridized carbons (Fsp3) is 0.750. The average Bonchev–Trinajstić information content (AvgIpc) is 2.72. The van der Waals surface area contributed by atoms with E-state index < -0.39 is 0 Å². The van der Waals surface area contributed by atoms with Crippen LogP contribution in [0.4, 0.5) is 5.13 Å². The van der Waals surface area contributed by atoms with E-state index in [1.54, 1.807) is 5.51 Å². The number of nitrogens with zero attached hydrogens (tertiary/aromatic N) is 2. The van der Waals surface area contributed by atoms with Gasteiger partial charge in [-0.05, 0) is 18.8 Å². The summed E-state index contributed by atoms with van der Waals surface area (Å²) in [4.78, 5) is 0. The first-order chi connectivity index (χ1) is 6.36. The lowest BCUT2D eigenvalue weighted by Crippen LogP contribution is -2.29. The molecule has 3 N–H and O–H groups in total. The predicted molar refractivity (Wildman–Crippen MR) is 53.7 cm³/mol. The lowest BCUT2D eigenvalue weighted by atomic mass is 10.1. The first kappa shape index (κ1) is 8.90. The lowest BCUT2D eigenvalue weighted by Gasteiger charge is -2.14. The van der Waals surface area contributed by atoms with Gasteiger partial charge in [0.1, 0.15) is 5.51 Å². The number of nitrogens with two attached hydrogens (primary N) is 1. The third-order valence-electron chi connectivity index (χ3n) is 2.59. The topological polar surface area (TPSA) is 63.8 Å². The average molecular weight is 198 g/mol. The van der Waals surface area contributed by atoms with Gasteiger partial charge < -0.3 is 11.1 Å². The molecule has 1 aromatic rings. The van der Waals surface area contributed by atoms with Gasteiger partial charge in [-0.3, -0.25) is 0 Å². The zero-order valence-electron chi connectivity index (χ0n) is 7.44. The highest BCUT2D eigenvalue weighted by molar-refractivity contribution is 7.13. The first-order valence-electron chi connectivity index (χ1n) is 4.62. The fourth-order valence-electron chi connectivity index (χ4n) is 1.79. The van der Waals surface area contributed by atoms with E-state index in [1.807, 2.05) is 0 Å². The highest BCUT2D eigenvalue weighted by Crippen LogP contribution is 2.24. The van der Waals surface area contributed by atoms with Crippen LogP contribution in [0, 0.1) is 5.92 Å².